The van der Waals surface area contributed by atoms with E-state index in [1.54, 1.807) is 24.7 Å². The molecule has 0 fully saturated rings. The predicted octanol–water partition coefficient (Wildman–Crippen LogP) is 0.871. The molecule has 0 aliphatic rings. The van der Waals surface area contributed by atoms with E-state index < -0.39 is 0 Å². The number of nitrogens with two attached hydrogens (primary N) is 1. The van der Waals surface area contributed by atoms with E-state index in [1.165, 1.54) is 0 Å². The van der Waals surface area contributed by atoms with Crippen LogP contribution in [0, 0.1) is 0 Å². The fourth-order valence-electron chi connectivity index (χ4n) is 1.67. The third kappa shape index (κ3) is 2.59. The number of nitrogen functional groups attached to an aromatic ring is 1. The topological polar surface area (TPSA) is 92.5 Å². The van der Waals surface area contributed by atoms with Crippen molar-refractivity contribution in [3.8, 4) is 0 Å². The van der Waals surface area contributed by atoms with Crippen LogP contribution in [0.15, 0.2) is 24.7 Å². The Balaban J connectivity index is 2.30. The van der Waals surface area contributed by atoms with Gasteiger partial charge in [0, 0.05) is 23.6 Å². The summed E-state index contributed by atoms with van der Waals surface area (Å²) in [4.78, 5) is 4.11. The van der Waals surface area contributed by atoms with Gasteiger partial charge in [-0.3, -0.25) is 4.98 Å². The van der Waals surface area contributed by atoms with Gasteiger partial charge in [-0.05, 0) is 19.0 Å². The molecule has 0 aliphatic heterocycles. The Hall–Kier alpha value is -1.95. The highest BCUT2D eigenvalue weighted by Crippen LogP contribution is 2.23. The largest absolute Gasteiger partial charge is 0.398 e. The highest BCUT2D eigenvalue weighted by molar-refractivity contribution is 5.48. The first kappa shape index (κ1) is 11.5. The lowest BCUT2D eigenvalue weighted by Crippen LogP contribution is -2.24. The van der Waals surface area contributed by atoms with Crippen LogP contribution in [0.5, 0.6) is 0 Å². The molecule has 2 rings (SSSR count). The van der Waals surface area contributed by atoms with Crippen molar-refractivity contribution in [2.45, 2.75) is 19.4 Å². The average Bonchev–Trinajstić information content (AvgIpc) is 2.85. The van der Waals surface area contributed by atoms with Crippen molar-refractivity contribution in [2.24, 2.45) is 0 Å². The molecule has 2 aromatic heterocycles. The smallest absolute Gasteiger partial charge is 0.104 e. The maximum Gasteiger partial charge on any atom is 0.104 e. The number of pyridine rings is 1. The van der Waals surface area contributed by atoms with Crippen LogP contribution in [0.4, 0.5) is 5.69 Å². The Kier molecular flexibility index (Phi) is 3.66. The van der Waals surface area contributed by atoms with Crippen LogP contribution < -0.4 is 11.1 Å². The third-order valence-corrected chi connectivity index (χ3v) is 2.53. The van der Waals surface area contributed by atoms with Crippen molar-refractivity contribution in [2.75, 3.05) is 12.3 Å². The standard InChI is InChI=1S/C11H16N6/c1-2-4-14-11(10-7-15-17-16-10)8-6-13-5-3-9(8)12/h3,5-7,11,14H,2,4H2,1H3,(H2,12,13)(H,15,16,17). The van der Waals surface area contributed by atoms with Crippen LogP contribution in [0.2, 0.25) is 0 Å². The van der Waals surface area contributed by atoms with Crippen LogP contribution in [-0.2, 0) is 0 Å². The molecule has 6 heteroatoms. The molecule has 6 nitrogen and oxygen atoms in total. The Morgan fingerprint density at radius 3 is 3.00 bits per heavy atom. The number of hydrogen-bond donors (Lipinski definition) is 3. The van der Waals surface area contributed by atoms with Gasteiger partial charge in [-0.2, -0.15) is 15.4 Å². The normalized spacial score (nSPS) is 12.5. The van der Waals surface area contributed by atoms with Gasteiger partial charge in [-0.1, -0.05) is 6.92 Å². The first-order chi connectivity index (χ1) is 8.33. The molecule has 4 N–H and O–H groups in total. The van der Waals surface area contributed by atoms with Crippen LogP contribution in [0.25, 0.3) is 0 Å². The van der Waals surface area contributed by atoms with Crippen LogP contribution >= 0.6 is 0 Å². The lowest BCUT2D eigenvalue weighted by Gasteiger charge is -2.17. The fourth-order valence-corrected chi connectivity index (χ4v) is 1.67. The van der Waals surface area contributed by atoms with E-state index in [2.05, 4.69) is 32.6 Å². The van der Waals surface area contributed by atoms with Crippen LogP contribution in [-0.4, -0.2) is 26.9 Å². The van der Waals surface area contributed by atoms with Gasteiger partial charge >= 0.3 is 0 Å². The number of aromatic amines is 1. The molecule has 0 aromatic carbocycles. The number of nitrogens with zero attached hydrogens (tertiary/aromatic N) is 3. The van der Waals surface area contributed by atoms with Crippen molar-refractivity contribution in [1.29, 1.82) is 0 Å². The Morgan fingerprint density at radius 1 is 1.47 bits per heavy atom. The van der Waals surface area contributed by atoms with Gasteiger partial charge in [-0.15, -0.1) is 0 Å². The summed E-state index contributed by atoms with van der Waals surface area (Å²) in [6.45, 7) is 2.99. The molecule has 0 amide bonds. The van der Waals surface area contributed by atoms with Crippen molar-refractivity contribution >= 4 is 5.69 Å². The molecule has 0 bridgehead atoms. The molecule has 2 aromatic rings. The molecule has 0 aliphatic carbocycles. The molecule has 1 unspecified atom stereocenters. The summed E-state index contributed by atoms with van der Waals surface area (Å²) in [6.07, 6.45) is 6.17. The molecule has 17 heavy (non-hydrogen) atoms. The number of hydrogen-bond acceptors (Lipinski definition) is 5. The zero-order valence-corrected chi connectivity index (χ0v) is 9.72. The molecule has 2 heterocycles. The van der Waals surface area contributed by atoms with E-state index in [0.29, 0.717) is 5.69 Å². The van der Waals surface area contributed by atoms with Crippen molar-refractivity contribution in [3.63, 3.8) is 0 Å². The summed E-state index contributed by atoms with van der Waals surface area (Å²) >= 11 is 0. The van der Waals surface area contributed by atoms with E-state index in [4.69, 9.17) is 5.73 Å². The van der Waals surface area contributed by atoms with Gasteiger partial charge in [0.1, 0.15) is 5.69 Å². The predicted molar refractivity (Wildman–Crippen MR) is 65.2 cm³/mol. The Bertz CT molecular complexity index is 453. The van der Waals surface area contributed by atoms with Crippen molar-refractivity contribution < 1.29 is 0 Å². The Labute approximate surface area is 99.6 Å². The fraction of sp³-hybridized carbons (Fsp3) is 0.364. The lowest BCUT2D eigenvalue weighted by atomic mass is 10.0. The van der Waals surface area contributed by atoms with Crippen LogP contribution in [0.1, 0.15) is 30.6 Å². The minimum atomic E-state index is -0.0672. The molecule has 0 radical (unpaired) electrons. The summed E-state index contributed by atoms with van der Waals surface area (Å²) in [5, 5.41) is 13.9. The third-order valence-electron chi connectivity index (χ3n) is 2.53. The van der Waals surface area contributed by atoms with Gasteiger partial charge in [0.15, 0.2) is 0 Å². The first-order valence-corrected chi connectivity index (χ1v) is 5.61. The summed E-state index contributed by atoms with van der Waals surface area (Å²) in [7, 11) is 0. The lowest BCUT2D eigenvalue weighted by molar-refractivity contribution is 0.585. The molecule has 0 spiro atoms. The average molecular weight is 232 g/mol. The summed E-state index contributed by atoms with van der Waals surface area (Å²) in [5.74, 6) is 0. The maximum absolute atomic E-state index is 5.96. The van der Waals surface area contributed by atoms with Crippen molar-refractivity contribution in [1.82, 2.24) is 25.7 Å². The minimum Gasteiger partial charge on any atom is -0.398 e. The number of nitrogens with one attached hydrogen (secondary N) is 2. The van der Waals surface area contributed by atoms with Gasteiger partial charge in [0.25, 0.3) is 0 Å². The summed E-state index contributed by atoms with van der Waals surface area (Å²) < 4.78 is 0. The molecule has 0 saturated carbocycles. The van der Waals surface area contributed by atoms with Crippen LogP contribution in [0.3, 0.4) is 0 Å². The quantitative estimate of drug-likeness (QED) is 0.711. The zero-order chi connectivity index (χ0) is 12.1. The minimum absolute atomic E-state index is 0.0672. The maximum atomic E-state index is 5.96. The van der Waals surface area contributed by atoms with Crippen molar-refractivity contribution in [3.05, 3.63) is 35.9 Å². The number of rotatable bonds is 5. The SMILES string of the molecule is CCCNC(c1cn[nH]n1)c1cnccc1N. The molecule has 1 atom stereocenters. The highest BCUT2D eigenvalue weighted by Gasteiger charge is 2.18. The van der Waals surface area contributed by atoms with Gasteiger partial charge in [0.05, 0.1) is 12.2 Å². The highest BCUT2D eigenvalue weighted by atomic mass is 15.3. The number of anilines is 1. The van der Waals surface area contributed by atoms with E-state index in [0.717, 1.165) is 24.2 Å². The van der Waals surface area contributed by atoms with E-state index in [9.17, 15) is 0 Å². The number of aromatic nitrogens is 4. The second kappa shape index (κ2) is 5.40. The number of H-pyrrole nitrogens is 1. The first-order valence-electron chi connectivity index (χ1n) is 5.61. The molecule has 0 saturated heterocycles. The molecular weight excluding hydrogens is 216 g/mol. The van der Waals surface area contributed by atoms with Gasteiger partial charge in [0.2, 0.25) is 0 Å². The summed E-state index contributed by atoms with van der Waals surface area (Å²) in [5.41, 5.74) is 8.41. The second-order valence-electron chi connectivity index (χ2n) is 3.79. The molecular formula is C11H16N6. The summed E-state index contributed by atoms with van der Waals surface area (Å²) in [6, 6.07) is 1.72. The molecule has 90 valence electrons. The Morgan fingerprint density at radius 2 is 2.35 bits per heavy atom. The van der Waals surface area contributed by atoms with E-state index in [-0.39, 0.29) is 6.04 Å². The van der Waals surface area contributed by atoms with Gasteiger partial charge < -0.3 is 11.1 Å². The van der Waals surface area contributed by atoms with E-state index in [1.807, 2.05) is 0 Å². The van der Waals surface area contributed by atoms with E-state index >= 15 is 0 Å². The zero-order valence-electron chi connectivity index (χ0n) is 9.72. The van der Waals surface area contributed by atoms with Gasteiger partial charge in [-0.25, -0.2) is 0 Å². The second-order valence-corrected chi connectivity index (χ2v) is 3.79. The monoisotopic (exact) mass is 232 g/mol.